The highest BCUT2D eigenvalue weighted by Crippen LogP contribution is 2.35. The van der Waals surface area contributed by atoms with Crippen LogP contribution in [0.3, 0.4) is 0 Å². The first kappa shape index (κ1) is 16.5. The minimum atomic E-state index is -0.435. The number of carbonyl (C=O) groups is 2. The van der Waals surface area contributed by atoms with Gasteiger partial charge in [0.1, 0.15) is 5.75 Å². The van der Waals surface area contributed by atoms with Gasteiger partial charge in [0.05, 0.1) is 5.69 Å². The predicted molar refractivity (Wildman–Crippen MR) is 86.7 cm³/mol. The van der Waals surface area contributed by atoms with Crippen LogP contribution in [-0.4, -0.2) is 49.9 Å². The minimum absolute atomic E-state index is 0.0129. The number of nitrogens with zero attached hydrogens (tertiary/aromatic N) is 2. The summed E-state index contributed by atoms with van der Waals surface area (Å²) in [6, 6.07) is 5.30. The zero-order valence-electron chi connectivity index (χ0n) is 13.8. The van der Waals surface area contributed by atoms with Crippen LogP contribution >= 0.6 is 0 Å². The Morgan fingerprint density at radius 2 is 2.09 bits per heavy atom. The Balaban J connectivity index is 2.31. The number of fused-ring (bicyclic) bond motifs is 1. The third-order valence-electron chi connectivity index (χ3n) is 3.82. The maximum atomic E-state index is 12.6. The molecule has 0 bridgehead atoms. The van der Waals surface area contributed by atoms with Crippen molar-refractivity contribution in [2.45, 2.75) is 32.8 Å². The van der Waals surface area contributed by atoms with Crippen molar-refractivity contribution in [2.75, 3.05) is 32.1 Å². The second-order valence-electron chi connectivity index (χ2n) is 5.90. The Bertz CT molecular complexity index is 569. The number of ether oxygens (including phenoxy) is 1. The maximum Gasteiger partial charge on any atom is 0.268 e. The molecule has 0 spiro atoms. The fourth-order valence-electron chi connectivity index (χ4n) is 2.58. The summed E-state index contributed by atoms with van der Waals surface area (Å²) in [6.45, 7) is 5.00. The highest BCUT2D eigenvalue weighted by molar-refractivity contribution is 6.02. The van der Waals surface area contributed by atoms with Gasteiger partial charge >= 0.3 is 0 Å². The molecule has 120 valence electrons. The topological polar surface area (TPSA) is 49.9 Å². The summed E-state index contributed by atoms with van der Waals surface area (Å²) >= 11 is 0. The van der Waals surface area contributed by atoms with E-state index in [0.717, 1.165) is 13.0 Å². The maximum absolute atomic E-state index is 12.6. The third-order valence-corrected chi connectivity index (χ3v) is 3.82. The van der Waals surface area contributed by atoms with E-state index in [9.17, 15) is 9.59 Å². The molecule has 1 heterocycles. The molecule has 22 heavy (non-hydrogen) atoms. The number of hydrogen-bond acceptors (Lipinski definition) is 4. The highest BCUT2D eigenvalue weighted by atomic mass is 16.5. The molecule has 1 amide bonds. The Morgan fingerprint density at radius 3 is 2.68 bits per heavy atom. The molecule has 0 radical (unpaired) electrons. The zero-order chi connectivity index (χ0) is 16.3. The fraction of sp³-hybridized carbons (Fsp3) is 0.529. The summed E-state index contributed by atoms with van der Waals surface area (Å²) in [5, 5.41) is 0. The Kier molecular flexibility index (Phi) is 5.19. The van der Waals surface area contributed by atoms with E-state index in [-0.39, 0.29) is 11.7 Å². The van der Waals surface area contributed by atoms with Gasteiger partial charge in [-0.15, -0.1) is 0 Å². The van der Waals surface area contributed by atoms with E-state index in [2.05, 4.69) is 4.90 Å². The molecule has 1 unspecified atom stereocenters. The molecule has 0 N–H and O–H groups in total. The number of carbonyl (C=O) groups excluding carboxylic acids is 2. The molecule has 0 saturated heterocycles. The number of anilines is 1. The molecule has 1 aliphatic rings. The molecule has 2 rings (SSSR count). The molecular formula is C17H24N2O3. The summed E-state index contributed by atoms with van der Waals surface area (Å²) in [7, 11) is 4.02. The van der Waals surface area contributed by atoms with Crippen LogP contribution in [0.15, 0.2) is 18.2 Å². The van der Waals surface area contributed by atoms with Gasteiger partial charge in [0.25, 0.3) is 5.91 Å². The number of amides is 1. The van der Waals surface area contributed by atoms with Crippen LogP contribution in [0.25, 0.3) is 0 Å². The van der Waals surface area contributed by atoms with Crippen LogP contribution in [0.2, 0.25) is 0 Å². The Hall–Kier alpha value is -1.88. The first-order valence-electron chi connectivity index (χ1n) is 7.71. The van der Waals surface area contributed by atoms with E-state index in [1.165, 1.54) is 6.92 Å². The van der Waals surface area contributed by atoms with Gasteiger partial charge in [0.2, 0.25) is 0 Å². The van der Waals surface area contributed by atoms with E-state index >= 15 is 0 Å². The van der Waals surface area contributed by atoms with E-state index in [1.54, 1.807) is 23.1 Å². The van der Waals surface area contributed by atoms with Crippen molar-refractivity contribution in [3.05, 3.63) is 23.8 Å². The smallest absolute Gasteiger partial charge is 0.268 e. The quantitative estimate of drug-likeness (QED) is 0.757. The van der Waals surface area contributed by atoms with Crippen molar-refractivity contribution >= 4 is 17.4 Å². The van der Waals surface area contributed by atoms with E-state index in [4.69, 9.17) is 4.74 Å². The molecule has 1 atom stereocenters. The van der Waals surface area contributed by atoms with Gasteiger partial charge in [0, 0.05) is 12.1 Å². The van der Waals surface area contributed by atoms with Gasteiger partial charge < -0.3 is 14.5 Å². The molecule has 5 nitrogen and oxygen atoms in total. The molecule has 0 aliphatic carbocycles. The summed E-state index contributed by atoms with van der Waals surface area (Å²) in [5.41, 5.74) is 1.31. The van der Waals surface area contributed by atoms with Crippen molar-refractivity contribution in [1.82, 2.24) is 4.90 Å². The molecule has 1 aromatic carbocycles. The summed E-state index contributed by atoms with van der Waals surface area (Å²) in [4.78, 5) is 28.0. The number of ketones is 1. The number of hydrogen-bond donors (Lipinski definition) is 0. The molecule has 0 aromatic heterocycles. The Morgan fingerprint density at radius 1 is 1.36 bits per heavy atom. The van der Waals surface area contributed by atoms with Crippen molar-refractivity contribution in [3.8, 4) is 5.75 Å². The second kappa shape index (κ2) is 6.92. The highest BCUT2D eigenvalue weighted by Gasteiger charge is 2.33. The van der Waals surface area contributed by atoms with E-state index in [1.807, 2.05) is 21.0 Å². The minimum Gasteiger partial charge on any atom is -0.478 e. The van der Waals surface area contributed by atoms with Gasteiger partial charge in [-0.05, 0) is 58.6 Å². The fourth-order valence-corrected chi connectivity index (χ4v) is 2.58. The number of rotatable bonds is 6. The van der Waals surface area contributed by atoms with Crippen LogP contribution in [-0.2, 0) is 4.79 Å². The second-order valence-corrected chi connectivity index (χ2v) is 5.90. The molecule has 0 fully saturated rings. The van der Waals surface area contributed by atoms with Crippen molar-refractivity contribution in [1.29, 1.82) is 0 Å². The lowest BCUT2D eigenvalue weighted by Crippen LogP contribution is -2.46. The SMILES string of the molecule is CCC1Oc2ccc(C(C)=O)cc2N(CCCN(C)C)C1=O. The summed E-state index contributed by atoms with van der Waals surface area (Å²) < 4.78 is 5.77. The third kappa shape index (κ3) is 3.47. The van der Waals surface area contributed by atoms with E-state index in [0.29, 0.717) is 30.0 Å². The average molecular weight is 304 g/mol. The number of Topliss-reactive ketones (excluding diaryl/α,β-unsaturated/α-hetero) is 1. The van der Waals surface area contributed by atoms with E-state index < -0.39 is 6.10 Å². The van der Waals surface area contributed by atoms with Crippen LogP contribution in [0.4, 0.5) is 5.69 Å². The normalized spacial score (nSPS) is 17.4. The molecule has 1 aliphatic heterocycles. The monoisotopic (exact) mass is 304 g/mol. The number of benzene rings is 1. The van der Waals surface area contributed by atoms with Crippen LogP contribution < -0.4 is 9.64 Å². The lowest BCUT2D eigenvalue weighted by Gasteiger charge is -2.34. The van der Waals surface area contributed by atoms with Crippen LogP contribution in [0.1, 0.15) is 37.0 Å². The Labute approximate surface area is 131 Å². The van der Waals surface area contributed by atoms with Crippen LogP contribution in [0.5, 0.6) is 5.75 Å². The average Bonchev–Trinajstić information content (AvgIpc) is 2.48. The predicted octanol–water partition coefficient (Wildman–Crippen LogP) is 2.34. The lowest BCUT2D eigenvalue weighted by atomic mass is 10.1. The summed E-state index contributed by atoms with van der Waals surface area (Å²) in [5.74, 6) is 0.650. The molecule has 1 aromatic rings. The van der Waals surface area contributed by atoms with Crippen molar-refractivity contribution in [3.63, 3.8) is 0 Å². The van der Waals surface area contributed by atoms with Gasteiger partial charge in [-0.3, -0.25) is 9.59 Å². The standard InChI is InChI=1S/C17H24N2O3/c1-5-15-17(21)19(10-6-9-18(3)4)14-11-13(12(2)20)7-8-16(14)22-15/h7-8,11,15H,5-6,9-10H2,1-4H3. The molecule has 5 heteroatoms. The largest absolute Gasteiger partial charge is 0.478 e. The van der Waals surface area contributed by atoms with Crippen molar-refractivity contribution in [2.24, 2.45) is 0 Å². The van der Waals surface area contributed by atoms with Gasteiger partial charge in [-0.1, -0.05) is 6.92 Å². The first-order chi connectivity index (χ1) is 10.4. The van der Waals surface area contributed by atoms with Gasteiger partial charge in [-0.25, -0.2) is 0 Å². The zero-order valence-corrected chi connectivity index (χ0v) is 13.8. The van der Waals surface area contributed by atoms with Crippen molar-refractivity contribution < 1.29 is 14.3 Å². The molecule has 0 saturated carbocycles. The van der Waals surface area contributed by atoms with Gasteiger partial charge in [-0.2, -0.15) is 0 Å². The first-order valence-corrected chi connectivity index (χ1v) is 7.71. The summed E-state index contributed by atoms with van der Waals surface area (Å²) in [6.07, 6.45) is 1.07. The van der Waals surface area contributed by atoms with Gasteiger partial charge in [0.15, 0.2) is 11.9 Å². The lowest BCUT2D eigenvalue weighted by molar-refractivity contribution is -0.126. The van der Waals surface area contributed by atoms with Crippen LogP contribution in [0, 0.1) is 0 Å². The molecular weight excluding hydrogens is 280 g/mol.